The first-order valence-corrected chi connectivity index (χ1v) is 7.09. The van der Waals surface area contributed by atoms with Crippen LogP contribution in [0.2, 0.25) is 0 Å². The minimum absolute atomic E-state index is 0.0277. The lowest BCUT2D eigenvalue weighted by Gasteiger charge is -2.19. The van der Waals surface area contributed by atoms with Gasteiger partial charge < -0.3 is 14.2 Å². The predicted molar refractivity (Wildman–Crippen MR) is 81.5 cm³/mol. The van der Waals surface area contributed by atoms with Crippen LogP contribution in [0.25, 0.3) is 6.08 Å². The monoisotopic (exact) mass is 294 g/mol. The van der Waals surface area contributed by atoms with Crippen molar-refractivity contribution in [1.29, 1.82) is 0 Å². The normalized spacial score (nSPS) is 17.3. The molecule has 0 amide bonds. The van der Waals surface area contributed by atoms with Gasteiger partial charge in [0.15, 0.2) is 17.3 Å². The van der Waals surface area contributed by atoms with Gasteiger partial charge in [-0.15, -0.1) is 0 Å². The predicted octanol–water partition coefficient (Wildman–Crippen LogP) is 3.38. The molecule has 2 aliphatic rings. The SMILES string of the molecule is Cc1ccc(C=C2COc3cc4c(cc3C2=O)OCO4)cc1. The Morgan fingerprint density at radius 3 is 2.45 bits per heavy atom. The van der Waals surface area contributed by atoms with E-state index >= 15 is 0 Å². The molecule has 22 heavy (non-hydrogen) atoms. The van der Waals surface area contributed by atoms with E-state index in [1.807, 2.05) is 37.3 Å². The lowest BCUT2D eigenvalue weighted by Crippen LogP contribution is -2.19. The molecule has 2 aliphatic heterocycles. The van der Waals surface area contributed by atoms with Gasteiger partial charge in [0.05, 0.1) is 5.56 Å². The van der Waals surface area contributed by atoms with E-state index < -0.39 is 0 Å². The van der Waals surface area contributed by atoms with E-state index in [-0.39, 0.29) is 19.2 Å². The molecule has 0 bridgehead atoms. The number of rotatable bonds is 1. The molecule has 4 rings (SSSR count). The molecular formula is C18H14O4. The molecule has 2 aromatic rings. The van der Waals surface area contributed by atoms with Gasteiger partial charge in [0.1, 0.15) is 12.4 Å². The largest absolute Gasteiger partial charge is 0.488 e. The fraction of sp³-hybridized carbons (Fsp3) is 0.167. The zero-order valence-electron chi connectivity index (χ0n) is 12.1. The van der Waals surface area contributed by atoms with Gasteiger partial charge in [-0.05, 0) is 24.6 Å². The number of aryl methyl sites for hydroxylation is 1. The summed E-state index contributed by atoms with van der Waals surface area (Å²) in [5.74, 6) is 1.74. The van der Waals surface area contributed by atoms with Crippen LogP contribution in [-0.2, 0) is 0 Å². The summed E-state index contributed by atoms with van der Waals surface area (Å²) in [5.41, 5.74) is 3.33. The van der Waals surface area contributed by atoms with Crippen molar-refractivity contribution in [1.82, 2.24) is 0 Å². The Labute approximate surface area is 127 Å². The van der Waals surface area contributed by atoms with Gasteiger partial charge in [-0.3, -0.25) is 4.79 Å². The van der Waals surface area contributed by atoms with Gasteiger partial charge in [0.2, 0.25) is 6.79 Å². The molecule has 2 heterocycles. The van der Waals surface area contributed by atoms with E-state index in [1.54, 1.807) is 12.1 Å². The van der Waals surface area contributed by atoms with Gasteiger partial charge in [-0.1, -0.05) is 29.8 Å². The molecule has 0 saturated carbocycles. The summed E-state index contributed by atoms with van der Waals surface area (Å²) in [6, 6.07) is 11.4. The number of benzene rings is 2. The molecular weight excluding hydrogens is 280 g/mol. The number of Topliss-reactive ketones (excluding diaryl/α,β-unsaturated/α-hetero) is 1. The number of ketones is 1. The maximum Gasteiger partial charge on any atom is 0.231 e. The average Bonchev–Trinajstić information content (AvgIpc) is 2.98. The van der Waals surface area contributed by atoms with Crippen LogP contribution >= 0.6 is 0 Å². The van der Waals surface area contributed by atoms with Crippen molar-refractivity contribution in [2.24, 2.45) is 0 Å². The molecule has 0 aromatic heterocycles. The summed E-state index contributed by atoms with van der Waals surface area (Å²) < 4.78 is 16.3. The zero-order chi connectivity index (χ0) is 15.1. The van der Waals surface area contributed by atoms with E-state index in [1.165, 1.54) is 5.56 Å². The highest BCUT2D eigenvalue weighted by Gasteiger charge is 2.27. The number of fused-ring (bicyclic) bond motifs is 2. The van der Waals surface area contributed by atoms with Crippen LogP contribution in [0.4, 0.5) is 0 Å². The molecule has 4 nitrogen and oxygen atoms in total. The number of hydrogen-bond acceptors (Lipinski definition) is 4. The number of carbonyl (C=O) groups excluding carboxylic acids is 1. The molecule has 0 atom stereocenters. The van der Waals surface area contributed by atoms with Crippen LogP contribution in [0.5, 0.6) is 17.2 Å². The number of hydrogen-bond donors (Lipinski definition) is 0. The van der Waals surface area contributed by atoms with E-state index in [0.717, 1.165) is 5.56 Å². The highest BCUT2D eigenvalue weighted by molar-refractivity contribution is 6.14. The Bertz CT molecular complexity index is 787. The minimum atomic E-state index is -0.0277. The fourth-order valence-corrected chi connectivity index (χ4v) is 2.59. The van der Waals surface area contributed by atoms with Crippen molar-refractivity contribution in [3.63, 3.8) is 0 Å². The van der Waals surface area contributed by atoms with E-state index in [2.05, 4.69) is 0 Å². The third kappa shape index (κ3) is 2.13. The van der Waals surface area contributed by atoms with E-state index in [9.17, 15) is 4.79 Å². The van der Waals surface area contributed by atoms with Gasteiger partial charge >= 0.3 is 0 Å². The second-order valence-electron chi connectivity index (χ2n) is 5.40. The first kappa shape index (κ1) is 13.0. The van der Waals surface area contributed by atoms with Crippen molar-refractivity contribution in [3.8, 4) is 17.2 Å². The van der Waals surface area contributed by atoms with Crippen LogP contribution in [0.1, 0.15) is 21.5 Å². The molecule has 2 aromatic carbocycles. The standard InChI is InChI=1S/C18H14O4/c1-11-2-4-12(5-3-11)6-13-9-20-15-8-17-16(21-10-22-17)7-14(15)18(13)19/h2-8H,9-10H2,1H3. The highest BCUT2D eigenvalue weighted by Crippen LogP contribution is 2.40. The van der Waals surface area contributed by atoms with Gasteiger partial charge in [-0.2, -0.15) is 0 Å². The van der Waals surface area contributed by atoms with Crippen LogP contribution in [0.15, 0.2) is 42.0 Å². The van der Waals surface area contributed by atoms with Gasteiger partial charge in [0.25, 0.3) is 0 Å². The summed E-state index contributed by atoms with van der Waals surface area (Å²) in [4.78, 5) is 12.6. The number of ether oxygens (including phenoxy) is 3. The summed E-state index contributed by atoms with van der Waals surface area (Å²) in [6.45, 7) is 2.47. The van der Waals surface area contributed by atoms with Crippen molar-refractivity contribution in [2.45, 2.75) is 6.92 Å². The van der Waals surface area contributed by atoms with Crippen LogP contribution in [-0.4, -0.2) is 19.2 Å². The Balaban J connectivity index is 1.71. The quantitative estimate of drug-likeness (QED) is 0.756. The smallest absolute Gasteiger partial charge is 0.231 e. The Morgan fingerprint density at radius 2 is 1.68 bits per heavy atom. The first-order chi connectivity index (χ1) is 10.7. The number of carbonyl (C=O) groups is 1. The molecule has 0 unspecified atom stereocenters. The van der Waals surface area contributed by atoms with Crippen LogP contribution < -0.4 is 14.2 Å². The van der Waals surface area contributed by atoms with Gasteiger partial charge in [0, 0.05) is 11.6 Å². The van der Waals surface area contributed by atoms with Crippen LogP contribution in [0, 0.1) is 6.92 Å². The molecule has 110 valence electrons. The second-order valence-corrected chi connectivity index (χ2v) is 5.40. The summed E-state index contributed by atoms with van der Waals surface area (Å²) in [7, 11) is 0. The maximum absolute atomic E-state index is 12.6. The van der Waals surface area contributed by atoms with Crippen molar-refractivity contribution < 1.29 is 19.0 Å². The fourth-order valence-electron chi connectivity index (χ4n) is 2.59. The average molecular weight is 294 g/mol. The highest BCUT2D eigenvalue weighted by atomic mass is 16.7. The Morgan fingerprint density at radius 1 is 0.955 bits per heavy atom. The molecule has 4 heteroatoms. The first-order valence-electron chi connectivity index (χ1n) is 7.09. The minimum Gasteiger partial charge on any atom is -0.488 e. The topological polar surface area (TPSA) is 44.8 Å². The molecule has 0 fully saturated rings. The zero-order valence-corrected chi connectivity index (χ0v) is 12.1. The van der Waals surface area contributed by atoms with Crippen molar-refractivity contribution in [2.75, 3.05) is 13.4 Å². The van der Waals surface area contributed by atoms with E-state index in [4.69, 9.17) is 14.2 Å². The van der Waals surface area contributed by atoms with Crippen molar-refractivity contribution >= 4 is 11.9 Å². The van der Waals surface area contributed by atoms with E-state index in [0.29, 0.717) is 28.4 Å². The van der Waals surface area contributed by atoms with Gasteiger partial charge in [-0.25, -0.2) is 0 Å². The summed E-state index contributed by atoms with van der Waals surface area (Å²) in [5, 5.41) is 0. The molecule has 0 radical (unpaired) electrons. The molecule has 0 spiro atoms. The molecule has 0 N–H and O–H groups in total. The lowest BCUT2D eigenvalue weighted by atomic mass is 9.97. The van der Waals surface area contributed by atoms with Crippen LogP contribution in [0.3, 0.4) is 0 Å². The Kier molecular flexibility index (Phi) is 2.89. The Hall–Kier alpha value is -2.75. The summed E-state index contributed by atoms with van der Waals surface area (Å²) >= 11 is 0. The summed E-state index contributed by atoms with van der Waals surface area (Å²) in [6.07, 6.45) is 1.87. The lowest BCUT2D eigenvalue weighted by molar-refractivity contribution is 0.100. The molecule has 0 saturated heterocycles. The second kappa shape index (κ2) is 4.91. The molecule has 0 aliphatic carbocycles. The third-order valence-electron chi connectivity index (χ3n) is 3.81. The van der Waals surface area contributed by atoms with Crippen molar-refractivity contribution in [3.05, 3.63) is 58.7 Å². The maximum atomic E-state index is 12.6. The third-order valence-corrected chi connectivity index (χ3v) is 3.81.